The number of carbonyl (C=O) groups excluding carboxylic acids is 1. The number of carbonyl (C=O) groups is 1. The molecule has 0 bridgehead atoms. The predicted molar refractivity (Wildman–Crippen MR) is 90.6 cm³/mol. The third-order valence-corrected chi connectivity index (χ3v) is 4.17. The number of hydrogen-bond acceptors (Lipinski definition) is 6. The quantitative estimate of drug-likeness (QED) is 0.787. The molecule has 1 aliphatic heterocycles. The Labute approximate surface area is 144 Å². The first kappa shape index (κ1) is 15.5. The summed E-state index contributed by atoms with van der Waals surface area (Å²) in [5.41, 5.74) is 1.43. The van der Waals surface area contributed by atoms with Crippen molar-refractivity contribution < 1.29 is 9.32 Å². The maximum Gasteiger partial charge on any atom is 0.256 e. The first-order valence-electron chi connectivity index (χ1n) is 8.13. The van der Waals surface area contributed by atoms with E-state index in [0.29, 0.717) is 30.4 Å². The highest BCUT2D eigenvalue weighted by atomic mass is 16.5. The van der Waals surface area contributed by atoms with Gasteiger partial charge < -0.3 is 14.7 Å². The molecule has 0 radical (unpaired) electrons. The molecule has 1 N–H and O–H groups in total. The number of pyridine rings is 1. The van der Waals surface area contributed by atoms with Gasteiger partial charge in [0.15, 0.2) is 0 Å². The van der Waals surface area contributed by atoms with Crippen molar-refractivity contribution in [3.63, 3.8) is 0 Å². The SMILES string of the molecule is O=C(c1cccnc1)N1CCNCC1c1nc(-c2ccccc2)no1. The van der Waals surface area contributed by atoms with E-state index in [-0.39, 0.29) is 11.9 Å². The monoisotopic (exact) mass is 335 g/mol. The molecule has 7 nitrogen and oxygen atoms in total. The van der Waals surface area contributed by atoms with Crippen LogP contribution in [0.2, 0.25) is 0 Å². The van der Waals surface area contributed by atoms with Crippen molar-refractivity contribution in [2.24, 2.45) is 0 Å². The van der Waals surface area contributed by atoms with Crippen molar-refractivity contribution in [3.05, 3.63) is 66.3 Å². The Hall–Kier alpha value is -3.06. The van der Waals surface area contributed by atoms with Crippen LogP contribution in [-0.2, 0) is 0 Å². The summed E-state index contributed by atoms with van der Waals surface area (Å²) in [5.74, 6) is 0.873. The Morgan fingerprint density at radius 1 is 1.20 bits per heavy atom. The molecule has 0 saturated carbocycles. The molecular weight excluding hydrogens is 318 g/mol. The van der Waals surface area contributed by atoms with Gasteiger partial charge in [0.05, 0.1) is 5.56 Å². The fourth-order valence-electron chi connectivity index (χ4n) is 2.90. The average molecular weight is 335 g/mol. The lowest BCUT2D eigenvalue weighted by atomic mass is 10.1. The van der Waals surface area contributed by atoms with Gasteiger partial charge in [-0.25, -0.2) is 0 Å². The predicted octanol–water partition coefficient (Wildman–Crippen LogP) is 1.92. The molecule has 1 aromatic carbocycles. The van der Waals surface area contributed by atoms with Crippen LogP contribution in [0.3, 0.4) is 0 Å². The number of nitrogens with one attached hydrogen (secondary N) is 1. The molecule has 1 fully saturated rings. The van der Waals surface area contributed by atoms with E-state index in [1.807, 2.05) is 30.3 Å². The van der Waals surface area contributed by atoms with Crippen LogP contribution in [0.4, 0.5) is 0 Å². The lowest BCUT2D eigenvalue weighted by Crippen LogP contribution is -2.48. The second-order valence-electron chi connectivity index (χ2n) is 5.78. The number of rotatable bonds is 3. The van der Waals surface area contributed by atoms with Gasteiger partial charge >= 0.3 is 0 Å². The van der Waals surface area contributed by atoms with Gasteiger partial charge in [-0.2, -0.15) is 4.98 Å². The van der Waals surface area contributed by atoms with E-state index < -0.39 is 0 Å². The van der Waals surface area contributed by atoms with E-state index in [0.717, 1.165) is 12.1 Å². The number of amides is 1. The van der Waals surface area contributed by atoms with Gasteiger partial charge in [-0.15, -0.1) is 0 Å². The summed E-state index contributed by atoms with van der Waals surface area (Å²) >= 11 is 0. The van der Waals surface area contributed by atoms with Crippen molar-refractivity contribution in [3.8, 4) is 11.4 Å². The minimum Gasteiger partial charge on any atom is -0.337 e. The third-order valence-electron chi connectivity index (χ3n) is 4.17. The van der Waals surface area contributed by atoms with Crippen LogP contribution in [0, 0.1) is 0 Å². The molecule has 2 aromatic heterocycles. The summed E-state index contributed by atoms with van der Waals surface area (Å²) in [7, 11) is 0. The fourth-order valence-corrected chi connectivity index (χ4v) is 2.90. The minimum atomic E-state index is -0.300. The second-order valence-corrected chi connectivity index (χ2v) is 5.78. The van der Waals surface area contributed by atoms with Gasteiger partial charge in [0, 0.05) is 37.6 Å². The zero-order valence-electron chi connectivity index (χ0n) is 13.5. The van der Waals surface area contributed by atoms with Gasteiger partial charge in [-0.1, -0.05) is 35.5 Å². The molecule has 1 unspecified atom stereocenters. The van der Waals surface area contributed by atoms with Crippen molar-refractivity contribution in [2.45, 2.75) is 6.04 Å². The summed E-state index contributed by atoms with van der Waals surface area (Å²) in [6.45, 7) is 1.87. The van der Waals surface area contributed by atoms with Crippen LogP contribution in [-0.4, -0.2) is 45.6 Å². The van der Waals surface area contributed by atoms with Crippen LogP contribution < -0.4 is 5.32 Å². The Kier molecular flexibility index (Phi) is 4.22. The van der Waals surface area contributed by atoms with Crippen molar-refractivity contribution in [1.82, 2.24) is 25.3 Å². The number of piperazine rings is 1. The van der Waals surface area contributed by atoms with Crippen molar-refractivity contribution in [1.29, 1.82) is 0 Å². The van der Waals surface area contributed by atoms with Crippen LogP contribution in [0.5, 0.6) is 0 Å². The van der Waals surface area contributed by atoms with Crippen LogP contribution in [0.25, 0.3) is 11.4 Å². The molecule has 4 rings (SSSR count). The highest BCUT2D eigenvalue weighted by Crippen LogP contribution is 2.25. The summed E-state index contributed by atoms with van der Waals surface area (Å²) in [5, 5.41) is 7.35. The Bertz CT molecular complexity index is 850. The smallest absolute Gasteiger partial charge is 0.256 e. The van der Waals surface area contributed by atoms with E-state index in [1.54, 1.807) is 29.4 Å². The lowest BCUT2D eigenvalue weighted by Gasteiger charge is -2.33. The normalized spacial score (nSPS) is 17.4. The zero-order chi connectivity index (χ0) is 17.1. The van der Waals surface area contributed by atoms with Crippen LogP contribution in [0.15, 0.2) is 59.4 Å². The van der Waals surface area contributed by atoms with E-state index in [9.17, 15) is 4.79 Å². The van der Waals surface area contributed by atoms with Crippen molar-refractivity contribution >= 4 is 5.91 Å². The Morgan fingerprint density at radius 2 is 2.08 bits per heavy atom. The zero-order valence-corrected chi connectivity index (χ0v) is 13.5. The van der Waals surface area contributed by atoms with E-state index in [2.05, 4.69) is 20.4 Å². The lowest BCUT2D eigenvalue weighted by molar-refractivity contribution is 0.0589. The second kappa shape index (κ2) is 6.82. The van der Waals surface area contributed by atoms with Gasteiger partial charge in [0.2, 0.25) is 5.82 Å². The van der Waals surface area contributed by atoms with Crippen molar-refractivity contribution in [2.75, 3.05) is 19.6 Å². The maximum absolute atomic E-state index is 12.8. The Morgan fingerprint density at radius 3 is 2.88 bits per heavy atom. The molecule has 25 heavy (non-hydrogen) atoms. The van der Waals surface area contributed by atoms with Gasteiger partial charge in [-0.05, 0) is 12.1 Å². The van der Waals surface area contributed by atoms with Gasteiger partial charge in [0.25, 0.3) is 11.8 Å². The fraction of sp³-hybridized carbons (Fsp3) is 0.222. The average Bonchev–Trinajstić information content (AvgIpc) is 3.19. The number of benzene rings is 1. The van der Waals surface area contributed by atoms with Crippen LogP contribution in [0.1, 0.15) is 22.3 Å². The molecular formula is C18H17N5O2. The summed E-state index contributed by atoms with van der Waals surface area (Å²) in [6.07, 6.45) is 3.22. The highest BCUT2D eigenvalue weighted by Gasteiger charge is 2.32. The van der Waals surface area contributed by atoms with Crippen LogP contribution >= 0.6 is 0 Å². The number of hydrogen-bond donors (Lipinski definition) is 1. The first-order chi connectivity index (χ1) is 12.3. The minimum absolute atomic E-state index is 0.0842. The molecule has 7 heteroatoms. The highest BCUT2D eigenvalue weighted by molar-refractivity contribution is 5.94. The third kappa shape index (κ3) is 3.14. The van der Waals surface area contributed by atoms with E-state index in [1.165, 1.54) is 0 Å². The van der Waals surface area contributed by atoms with E-state index >= 15 is 0 Å². The molecule has 3 heterocycles. The standard InChI is InChI=1S/C18H17N5O2/c24-18(14-7-4-8-19-11-14)23-10-9-20-12-15(23)17-21-16(22-25-17)13-5-2-1-3-6-13/h1-8,11,15,20H,9-10,12H2. The summed E-state index contributed by atoms with van der Waals surface area (Å²) in [6, 6.07) is 12.8. The molecule has 1 aliphatic rings. The molecule has 0 aliphatic carbocycles. The summed E-state index contributed by atoms with van der Waals surface area (Å²) < 4.78 is 5.46. The molecule has 1 atom stereocenters. The molecule has 126 valence electrons. The number of aromatic nitrogens is 3. The first-order valence-corrected chi connectivity index (χ1v) is 8.13. The number of nitrogens with zero attached hydrogens (tertiary/aromatic N) is 4. The molecule has 1 amide bonds. The molecule has 1 saturated heterocycles. The topological polar surface area (TPSA) is 84.2 Å². The van der Waals surface area contributed by atoms with Gasteiger partial charge in [-0.3, -0.25) is 9.78 Å². The van der Waals surface area contributed by atoms with E-state index in [4.69, 9.17) is 4.52 Å². The maximum atomic E-state index is 12.8. The van der Waals surface area contributed by atoms with Gasteiger partial charge in [0.1, 0.15) is 6.04 Å². The summed E-state index contributed by atoms with van der Waals surface area (Å²) in [4.78, 5) is 23.1. The Balaban J connectivity index is 1.62. The molecule has 0 spiro atoms. The largest absolute Gasteiger partial charge is 0.337 e. The molecule has 3 aromatic rings.